The molecule has 0 spiro atoms. The Labute approximate surface area is 142 Å². The Morgan fingerprint density at radius 2 is 1.74 bits per heavy atom. The number of hydrogen-bond acceptors (Lipinski definition) is 4. The van der Waals surface area contributed by atoms with Crippen LogP contribution in [0.4, 0.5) is 11.4 Å². The SMILES string of the molecule is Cc1ccc(S(=O)(=O)Nc2ccc(N3CCC(C)CC3)cc2)s1. The largest absolute Gasteiger partial charge is 0.372 e. The highest BCUT2D eigenvalue weighted by atomic mass is 32.2. The number of hydrogen-bond donors (Lipinski definition) is 1. The summed E-state index contributed by atoms with van der Waals surface area (Å²) in [4.78, 5) is 3.35. The van der Waals surface area contributed by atoms with Gasteiger partial charge in [0.15, 0.2) is 0 Å². The molecule has 0 atom stereocenters. The zero-order chi connectivity index (χ0) is 16.4. The standard InChI is InChI=1S/C17H22N2O2S2/c1-13-9-11-19(12-10-13)16-6-4-15(5-7-16)18-23(20,21)17-8-3-14(2)22-17/h3-8,13,18H,9-12H2,1-2H3. The first kappa shape index (κ1) is 16.3. The van der Waals surface area contributed by atoms with Crippen LogP contribution in [0.15, 0.2) is 40.6 Å². The number of aryl methyl sites for hydroxylation is 1. The number of anilines is 2. The van der Waals surface area contributed by atoms with Crippen molar-refractivity contribution in [1.29, 1.82) is 0 Å². The molecule has 124 valence electrons. The predicted octanol–water partition coefficient (Wildman–Crippen LogP) is 4.09. The summed E-state index contributed by atoms with van der Waals surface area (Å²) in [6.07, 6.45) is 2.43. The van der Waals surface area contributed by atoms with Gasteiger partial charge in [0.05, 0.1) is 0 Å². The van der Waals surface area contributed by atoms with Crippen molar-refractivity contribution < 1.29 is 8.42 Å². The van der Waals surface area contributed by atoms with E-state index in [4.69, 9.17) is 0 Å². The molecule has 1 fully saturated rings. The highest BCUT2D eigenvalue weighted by Crippen LogP contribution is 2.26. The molecular formula is C17H22N2O2S2. The van der Waals surface area contributed by atoms with Crippen LogP contribution in [-0.2, 0) is 10.0 Å². The van der Waals surface area contributed by atoms with Crippen LogP contribution in [0.1, 0.15) is 24.6 Å². The summed E-state index contributed by atoms with van der Waals surface area (Å²) in [5.41, 5.74) is 1.76. The molecule has 0 amide bonds. The minimum atomic E-state index is -3.48. The molecule has 1 aliphatic rings. The Bertz CT molecular complexity index is 758. The normalized spacial score (nSPS) is 16.5. The first-order valence-corrected chi connectivity index (χ1v) is 10.2. The summed E-state index contributed by atoms with van der Waals surface area (Å²) >= 11 is 1.28. The molecule has 2 heterocycles. The quantitative estimate of drug-likeness (QED) is 0.903. The number of benzene rings is 1. The van der Waals surface area contributed by atoms with E-state index in [-0.39, 0.29) is 0 Å². The van der Waals surface area contributed by atoms with Gasteiger partial charge in [0, 0.05) is 29.3 Å². The third-order valence-electron chi connectivity index (χ3n) is 4.25. The van der Waals surface area contributed by atoms with Gasteiger partial charge < -0.3 is 4.90 Å². The second-order valence-electron chi connectivity index (χ2n) is 6.19. The third-order valence-corrected chi connectivity index (χ3v) is 7.12. The lowest BCUT2D eigenvalue weighted by atomic mass is 9.99. The highest BCUT2D eigenvalue weighted by molar-refractivity contribution is 7.94. The maximum absolute atomic E-state index is 12.3. The smallest absolute Gasteiger partial charge is 0.271 e. The molecule has 0 unspecified atom stereocenters. The molecule has 1 aliphatic heterocycles. The summed E-state index contributed by atoms with van der Waals surface area (Å²) in [5.74, 6) is 0.798. The van der Waals surface area contributed by atoms with E-state index in [1.165, 1.54) is 24.2 Å². The van der Waals surface area contributed by atoms with E-state index in [1.807, 2.05) is 37.3 Å². The highest BCUT2D eigenvalue weighted by Gasteiger charge is 2.18. The minimum Gasteiger partial charge on any atom is -0.372 e. The molecule has 1 aromatic heterocycles. The van der Waals surface area contributed by atoms with Crippen molar-refractivity contribution in [3.05, 3.63) is 41.3 Å². The fourth-order valence-electron chi connectivity index (χ4n) is 2.77. The number of nitrogens with zero attached hydrogens (tertiary/aromatic N) is 1. The Hall–Kier alpha value is -1.53. The monoisotopic (exact) mass is 350 g/mol. The Morgan fingerprint density at radius 1 is 1.09 bits per heavy atom. The number of thiophene rings is 1. The van der Waals surface area contributed by atoms with Crippen LogP contribution < -0.4 is 9.62 Å². The van der Waals surface area contributed by atoms with Crippen LogP contribution in [-0.4, -0.2) is 21.5 Å². The summed E-state index contributed by atoms with van der Waals surface area (Å²) < 4.78 is 27.7. The van der Waals surface area contributed by atoms with Gasteiger partial charge in [-0.1, -0.05) is 6.92 Å². The van der Waals surface area contributed by atoms with E-state index in [9.17, 15) is 8.42 Å². The van der Waals surface area contributed by atoms with Crippen molar-refractivity contribution in [2.24, 2.45) is 5.92 Å². The maximum atomic E-state index is 12.3. The zero-order valence-electron chi connectivity index (χ0n) is 13.5. The molecule has 23 heavy (non-hydrogen) atoms. The van der Waals surface area contributed by atoms with Crippen LogP contribution >= 0.6 is 11.3 Å². The number of nitrogens with one attached hydrogen (secondary N) is 1. The van der Waals surface area contributed by atoms with Gasteiger partial charge in [0.1, 0.15) is 4.21 Å². The Balaban J connectivity index is 1.70. The maximum Gasteiger partial charge on any atom is 0.271 e. The summed E-state index contributed by atoms with van der Waals surface area (Å²) in [5, 5.41) is 0. The topological polar surface area (TPSA) is 49.4 Å². The van der Waals surface area contributed by atoms with Crippen LogP contribution in [0.25, 0.3) is 0 Å². The molecule has 0 saturated carbocycles. The first-order valence-electron chi connectivity index (χ1n) is 7.88. The first-order chi connectivity index (χ1) is 10.9. The molecular weight excluding hydrogens is 328 g/mol. The third kappa shape index (κ3) is 3.87. The van der Waals surface area contributed by atoms with Gasteiger partial charge in [-0.3, -0.25) is 4.72 Å². The molecule has 1 N–H and O–H groups in total. The van der Waals surface area contributed by atoms with Gasteiger partial charge in [-0.15, -0.1) is 11.3 Å². The minimum absolute atomic E-state index is 0.351. The predicted molar refractivity (Wildman–Crippen MR) is 96.9 cm³/mol. The lowest BCUT2D eigenvalue weighted by Gasteiger charge is -2.32. The molecule has 2 aromatic rings. The van der Waals surface area contributed by atoms with Crippen molar-refractivity contribution in [2.75, 3.05) is 22.7 Å². The van der Waals surface area contributed by atoms with Gasteiger partial charge in [0.2, 0.25) is 0 Å². The van der Waals surface area contributed by atoms with E-state index in [0.29, 0.717) is 9.90 Å². The number of piperidine rings is 1. The van der Waals surface area contributed by atoms with Crippen LogP contribution in [0.5, 0.6) is 0 Å². The molecule has 3 rings (SSSR count). The summed E-state index contributed by atoms with van der Waals surface area (Å²) in [7, 11) is -3.48. The molecule has 1 aromatic carbocycles. The summed E-state index contributed by atoms with van der Waals surface area (Å²) in [6.45, 7) is 6.33. The zero-order valence-corrected chi connectivity index (χ0v) is 15.1. The van der Waals surface area contributed by atoms with Crippen molar-refractivity contribution in [2.45, 2.75) is 30.9 Å². The molecule has 0 bridgehead atoms. The molecule has 0 radical (unpaired) electrons. The Kier molecular flexibility index (Phi) is 4.64. The van der Waals surface area contributed by atoms with Gasteiger partial charge in [-0.05, 0) is 62.1 Å². The van der Waals surface area contributed by atoms with E-state index >= 15 is 0 Å². The van der Waals surface area contributed by atoms with E-state index in [1.54, 1.807) is 6.07 Å². The average molecular weight is 351 g/mol. The second kappa shape index (κ2) is 6.53. The molecule has 0 aliphatic carbocycles. The molecule has 1 saturated heterocycles. The van der Waals surface area contributed by atoms with Crippen molar-refractivity contribution in [1.82, 2.24) is 0 Å². The van der Waals surface area contributed by atoms with Crippen molar-refractivity contribution >= 4 is 32.7 Å². The van der Waals surface area contributed by atoms with Gasteiger partial charge >= 0.3 is 0 Å². The lowest BCUT2D eigenvalue weighted by Crippen LogP contribution is -2.32. The lowest BCUT2D eigenvalue weighted by molar-refractivity contribution is 0.438. The van der Waals surface area contributed by atoms with Gasteiger partial charge in [-0.2, -0.15) is 0 Å². The van der Waals surface area contributed by atoms with Gasteiger partial charge in [0.25, 0.3) is 10.0 Å². The number of rotatable bonds is 4. The van der Waals surface area contributed by atoms with Crippen molar-refractivity contribution in [3.8, 4) is 0 Å². The molecule has 4 nitrogen and oxygen atoms in total. The van der Waals surface area contributed by atoms with Crippen LogP contribution in [0.2, 0.25) is 0 Å². The van der Waals surface area contributed by atoms with E-state index in [2.05, 4.69) is 16.5 Å². The fourth-order valence-corrected chi connectivity index (χ4v) is 5.11. The second-order valence-corrected chi connectivity index (χ2v) is 9.38. The number of sulfonamides is 1. The molecule has 6 heteroatoms. The van der Waals surface area contributed by atoms with Crippen LogP contribution in [0, 0.1) is 12.8 Å². The van der Waals surface area contributed by atoms with Crippen molar-refractivity contribution in [3.63, 3.8) is 0 Å². The Morgan fingerprint density at radius 3 is 2.30 bits per heavy atom. The summed E-state index contributed by atoms with van der Waals surface area (Å²) in [6, 6.07) is 11.1. The van der Waals surface area contributed by atoms with Gasteiger partial charge in [-0.25, -0.2) is 8.42 Å². The average Bonchev–Trinajstić information content (AvgIpc) is 2.96. The van der Waals surface area contributed by atoms with E-state index < -0.39 is 10.0 Å². The van der Waals surface area contributed by atoms with Crippen LogP contribution in [0.3, 0.4) is 0 Å². The fraction of sp³-hybridized carbons (Fsp3) is 0.412. The van der Waals surface area contributed by atoms with E-state index in [0.717, 1.165) is 29.6 Å².